The van der Waals surface area contributed by atoms with Gasteiger partial charge in [-0.05, 0) is 38.8 Å². The summed E-state index contributed by atoms with van der Waals surface area (Å²) in [5.74, 6) is -1.16. The Morgan fingerprint density at radius 1 is 1.35 bits per heavy atom. The van der Waals surface area contributed by atoms with E-state index in [1.54, 1.807) is 13.0 Å². The molecule has 0 saturated heterocycles. The average Bonchev–Trinajstić information content (AvgIpc) is 2.86. The van der Waals surface area contributed by atoms with Crippen molar-refractivity contribution in [1.29, 1.82) is 0 Å². The summed E-state index contributed by atoms with van der Waals surface area (Å²) in [6.45, 7) is 6.41. The van der Waals surface area contributed by atoms with E-state index in [1.165, 1.54) is 0 Å². The summed E-state index contributed by atoms with van der Waals surface area (Å²) in [7, 11) is 0. The Morgan fingerprint density at radius 3 is 2.65 bits per heavy atom. The first-order valence-corrected chi connectivity index (χ1v) is 7.14. The van der Waals surface area contributed by atoms with Crippen molar-refractivity contribution >= 4 is 11.9 Å². The molecule has 1 aromatic rings. The number of aliphatic carboxylic acids is 1. The van der Waals surface area contributed by atoms with Gasteiger partial charge >= 0.3 is 5.97 Å². The molecule has 1 aromatic heterocycles. The lowest BCUT2D eigenvalue weighted by Crippen LogP contribution is -2.33. The minimum Gasteiger partial charge on any atom is -0.481 e. The van der Waals surface area contributed by atoms with Crippen molar-refractivity contribution in [3.05, 3.63) is 24.0 Å². The van der Waals surface area contributed by atoms with Crippen LogP contribution in [0.25, 0.3) is 0 Å². The molecule has 1 heterocycles. The fourth-order valence-corrected chi connectivity index (χ4v) is 2.12. The van der Waals surface area contributed by atoms with Gasteiger partial charge in [0.2, 0.25) is 0 Å². The van der Waals surface area contributed by atoms with Crippen molar-refractivity contribution in [2.45, 2.75) is 52.6 Å². The molecule has 5 heteroatoms. The summed E-state index contributed by atoms with van der Waals surface area (Å²) in [6.07, 6.45) is 4.11. The molecule has 0 aliphatic carbocycles. The van der Waals surface area contributed by atoms with Crippen molar-refractivity contribution in [2.75, 3.05) is 0 Å². The van der Waals surface area contributed by atoms with Crippen LogP contribution in [0, 0.1) is 5.92 Å². The lowest BCUT2D eigenvalue weighted by Gasteiger charge is -2.15. The third kappa shape index (κ3) is 4.72. The fourth-order valence-electron chi connectivity index (χ4n) is 2.12. The molecule has 0 aliphatic heterocycles. The molecule has 112 valence electrons. The molecule has 0 spiro atoms. The molecule has 2 unspecified atom stereocenters. The second-order valence-corrected chi connectivity index (χ2v) is 5.22. The van der Waals surface area contributed by atoms with Gasteiger partial charge in [-0.2, -0.15) is 0 Å². The molecule has 5 nitrogen and oxygen atoms in total. The highest BCUT2D eigenvalue weighted by Gasteiger charge is 2.14. The van der Waals surface area contributed by atoms with Gasteiger partial charge in [-0.3, -0.25) is 9.59 Å². The van der Waals surface area contributed by atoms with Gasteiger partial charge in [-0.15, -0.1) is 0 Å². The van der Waals surface area contributed by atoms with E-state index in [2.05, 4.69) is 5.32 Å². The molecule has 0 aliphatic rings. The van der Waals surface area contributed by atoms with Crippen LogP contribution >= 0.6 is 0 Å². The standard InChI is InChI=1S/C15H24N2O3/c1-4-17-10-6-9-13(17)14(18)16-12(3)8-5-7-11(2)15(19)20/h6,9-12H,4-5,7-8H2,1-3H3,(H,16,18)(H,19,20). The number of nitrogens with zero attached hydrogens (tertiary/aromatic N) is 1. The van der Waals surface area contributed by atoms with E-state index < -0.39 is 5.97 Å². The van der Waals surface area contributed by atoms with Gasteiger partial charge in [-0.1, -0.05) is 13.3 Å². The fraction of sp³-hybridized carbons (Fsp3) is 0.600. The maximum atomic E-state index is 12.1. The van der Waals surface area contributed by atoms with Crippen molar-refractivity contribution in [2.24, 2.45) is 5.92 Å². The summed E-state index contributed by atoms with van der Waals surface area (Å²) in [5.41, 5.74) is 0.665. The summed E-state index contributed by atoms with van der Waals surface area (Å²) in [6, 6.07) is 3.71. The van der Waals surface area contributed by atoms with E-state index in [9.17, 15) is 9.59 Å². The van der Waals surface area contributed by atoms with Crippen LogP contribution < -0.4 is 5.32 Å². The molecular weight excluding hydrogens is 256 g/mol. The van der Waals surface area contributed by atoms with E-state index in [4.69, 9.17) is 5.11 Å². The van der Waals surface area contributed by atoms with Crippen LogP contribution in [-0.4, -0.2) is 27.6 Å². The van der Waals surface area contributed by atoms with Crippen LogP contribution in [-0.2, 0) is 11.3 Å². The van der Waals surface area contributed by atoms with E-state index in [0.29, 0.717) is 12.1 Å². The number of rotatable bonds is 8. The second-order valence-electron chi connectivity index (χ2n) is 5.22. The Labute approximate surface area is 120 Å². The van der Waals surface area contributed by atoms with E-state index in [0.717, 1.165) is 19.4 Å². The summed E-state index contributed by atoms with van der Waals surface area (Å²) in [4.78, 5) is 22.8. The first-order chi connectivity index (χ1) is 9.45. The van der Waals surface area contributed by atoms with Gasteiger partial charge in [0.1, 0.15) is 5.69 Å². The van der Waals surface area contributed by atoms with Crippen LogP contribution in [0.2, 0.25) is 0 Å². The summed E-state index contributed by atoms with van der Waals surface area (Å²) >= 11 is 0. The molecular formula is C15H24N2O3. The maximum absolute atomic E-state index is 12.1. The minimum atomic E-state index is -0.762. The summed E-state index contributed by atoms with van der Waals surface area (Å²) < 4.78 is 1.90. The number of amides is 1. The Morgan fingerprint density at radius 2 is 2.05 bits per heavy atom. The number of carbonyl (C=O) groups excluding carboxylic acids is 1. The Bertz CT molecular complexity index is 454. The number of hydrogen-bond acceptors (Lipinski definition) is 2. The van der Waals surface area contributed by atoms with Crippen LogP contribution in [0.15, 0.2) is 18.3 Å². The highest BCUT2D eigenvalue weighted by molar-refractivity contribution is 5.92. The number of hydrogen-bond donors (Lipinski definition) is 2. The predicted molar refractivity (Wildman–Crippen MR) is 77.7 cm³/mol. The number of aromatic nitrogens is 1. The van der Waals surface area contributed by atoms with Crippen molar-refractivity contribution in [1.82, 2.24) is 9.88 Å². The van der Waals surface area contributed by atoms with Crippen LogP contribution in [0.3, 0.4) is 0 Å². The first-order valence-electron chi connectivity index (χ1n) is 7.14. The van der Waals surface area contributed by atoms with Gasteiger partial charge < -0.3 is 15.0 Å². The Balaban J connectivity index is 2.37. The zero-order chi connectivity index (χ0) is 15.1. The molecule has 1 rings (SSSR count). The lowest BCUT2D eigenvalue weighted by atomic mass is 10.0. The smallest absolute Gasteiger partial charge is 0.306 e. The second kappa shape index (κ2) is 7.72. The first kappa shape index (κ1) is 16.3. The van der Waals surface area contributed by atoms with Gasteiger partial charge in [-0.25, -0.2) is 0 Å². The minimum absolute atomic E-state index is 0.0451. The monoisotopic (exact) mass is 280 g/mol. The lowest BCUT2D eigenvalue weighted by molar-refractivity contribution is -0.141. The average molecular weight is 280 g/mol. The largest absolute Gasteiger partial charge is 0.481 e. The number of carbonyl (C=O) groups is 2. The van der Waals surface area contributed by atoms with Gasteiger partial charge in [0.25, 0.3) is 5.91 Å². The Hall–Kier alpha value is -1.78. The molecule has 0 radical (unpaired) electrons. The van der Waals surface area contributed by atoms with Crippen molar-refractivity contribution < 1.29 is 14.7 Å². The number of carboxylic acids is 1. The maximum Gasteiger partial charge on any atom is 0.306 e. The molecule has 0 bridgehead atoms. The van der Waals surface area contributed by atoms with Crippen LogP contribution in [0.4, 0.5) is 0 Å². The van der Waals surface area contributed by atoms with Crippen LogP contribution in [0.1, 0.15) is 50.5 Å². The molecule has 0 aromatic carbocycles. The molecule has 20 heavy (non-hydrogen) atoms. The van der Waals surface area contributed by atoms with Crippen molar-refractivity contribution in [3.8, 4) is 0 Å². The van der Waals surface area contributed by atoms with Gasteiger partial charge in [0, 0.05) is 18.8 Å². The highest BCUT2D eigenvalue weighted by atomic mass is 16.4. The van der Waals surface area contributed by atoms with Gasteiger partial charge in [0.05, 0.1) is 5.92 Å². The third-order valence-corrected chi connectivity index (χ3v) is 3.48. The van der Waals surface area contributed by atoms with E-state index in [1.807, 2.05) is 30.7 Å². The quantitative estimate of drug-likeness (QED) is 0.768. The number of nitrogens with one attached hydrogen (secondary N) is 1. The van der Waals surface area contributed by atoms with Gasteiger partial charge in [0.15, 0.2) is 0 Å². The summed E-state index contributed by atoms with van der Waals surface area (Å²) in [5, 5.41) is 11.8. The van der Waals surface area contributed by atoms with Crippen molar-refractivity contribution in [3.63, 3.8) is 0 Å². The SMILES string of the molecule is CCn1cccc1C(=O)NC(C)CCCC(C)C(=O)O. The van der Waals surface area contributed by atoms with Crippen LogP contribution in [0.5, 0.6) is 0 Å². The topological polar surface area (TPSA) is 71.3 Å². The zero-order valence-electron chi connectivity index (χ0n) is 12.4. The Kier molecular flexibility index (Phi) is 6.28. The normalized spacial score (nSPS) is 13.8. The highest BCUT2D eigenvalue weighted by Crippen LogP contribution is 2.10. The molecule has 0 saturated carbocycles. The molecule has 2 N–H and O–H groups in total. The zero-order valence-corrected chi connectivity index (χ0v) is 12.4. The third-order valence-electron chi connectivity index (χ3n) is 3.48. The van der Waals surface area contributed by atoms with E-state index >= 15 is 0 Å². The number of carboxylic acid groups (broad SMARTS) is 1. The molecule has 1 amide bonds. The van der Waals surface area contributed by atoms with E-state index in [-0.39, 0.29) is 17.9 Å². The molecule has 0 fully saturated rings. The number of aryl methyl sites for hydroxylation is 1. The molecule has 2 atom stereocenters. The predicted octanol–water partition coefficient (Wildman–Crippen LogP) is 2.52.